The highest BCUT2D eigenvalue weighted by Crippen LogP contribution is 2.17. The predicted molar refractivity (Wildman–Crippen MR) is 67.2 cm³/mol. The van der Waals surface area contributed by atoms with Crippen molar-refractivity contribution in [1.82, 2.24) is 0 Å². The molecule has 1 aromatic rings. The summed E-state index contributed by atoms with van der Waals surface area (Å²) >= 11 is 0. The highest BCUT2D eigenvalue weighted by atomic mass is 16.5. The molecule has 1 aliphatic heterocycles. The van der Waals surface area contributed by atoms with Gasteiger partial charge < -0.3 is 4.74 Å². The van der Waals surface area contributed by atoms with Crippen molar-refractivity contribution in [1.29, 1.82) is 0 Å². The van der Waals surface area contributed by atoms with Crippen LogP contribution in [0.25, 0.3) is 0 Å². The molecule has 2 rings (SSSR count). The van der Waals surface area contributed by atoms with Crippen LogP contribution in [0.3, 0.4) is 0 Å². The van der Waals surface area contributed by atoms with Gasteiger partial charge in [0, 0.05) is 0 Å². The number of hydrogen-bond acceptors (Lipinski definition) is 1. The summed E-state index contributed by atoms with van der Waals surface area (Å²) in [6.45, 7) is 11.8. The molecule has 0 unspecified atom stereocenters. The predicted octanol–water partition coefficient (Wildman–Crippen LogP) is 4.12. The lowest BCUT2D eigenvalue weighted by atomic mass is 10.0. The second-order valence-corrected chi connectivity index (χ2v) is 3.07. The van der Waals surface area contributed by atoms with Crippen LogP contribution in [0.1, 0.15) is 44.4 Å². The molecule has 0 N–H and O–H groups in total. The van der Waals surface area contributed by atoms with Gasteiger partial charge in [0.15, 0.2) is 0 Å². The molecule has 1 heterocycles. The van der Waals surface area contributed by atoms with Crippen molar-refractivity contribution in [2.75, 3.05) is 6.61 Å². The third-order valence-electron chi connectivity index (χ3n) is 2.14. The van der Waals surface area contributed by atoms with E-state index in [4.69, 9.17) is 4.74 Å². The molecule has 15 heavy (non-hydrogen) atoms. The van der Waals surface area contributed by atoms with Crippen LogP contribution in [0.15, 0.2) is 18.2 Å². The molecule has 0 bridgehead atoms. The maximum atomic E-state index is 5.34. The molecular formula is C14H24O. The van der Waals surface area contributed by atoms with E-state index in [9.17, 15) is 0 Å². The van der Waals surface area contributed by atoms with Gasteiger partial charge in [-0.1, -0.05) is 51.5 Å². The van der Waals surface area contributed by atoms with Crippen LogP contribution in [0.2, 0.25) is 0 Å². The second-order valence-electron chi connectivity index (χ2n) is 3.07. The molecule has 0 saturated heterocycles. The molecule has 0 spiro atoms. The average molecular weight is 208 g/mol. The van der Waals surface area contributed by atoms with Crippen LogP contribution >= 0.6 is 0 Å². The van der Waals surface area contributed by atoms with Crippen molar-refractivity contribution in [3.63, 3.8) is 0 Å². The van der Waals surface area contributed by atoms with Crippen LogP contribution in [0, 0.1) is 6.92 Å². The van der Waals surface area contributed by atoms with E-state index in [1.807, 2.05) is 27.7 Å². The molecule has 1 heteroatoms. The van der Waals surface area contributed by atoms with E-state index in [1.165, 1.54) is 16.7 Å². The SMILES string of the molecule is CC.CC.Cc1ccc2c(c1)CCOC2. The Morgan fingerprint density at radius 2 is 1.67 bits per heavy atom. The van der Waals surface area contributed by atoms with Gasteiger partial charge in [-0.2, -0.15) is 0 Å². The van der Waals surface area contributed by atoms with Crippen LogP contribution in [-0.4, -0.2) is 6.61 Å². The van der Waals surface area contributed by atoms with Crippen LogP contribution in [0.5, 0.6) is 0 Å². The first-order chi connectivity index (χ1) is 7.36. The Morgan fingerprint density at radius 3 is 2.33 bits per heavy atom. The van der Waals surface area contributed by atoms with Gasteiger partial charge in [-0.3, -0.25) is 0 Å². The first-order valence-electron chi connectivity index (χ1n) is 6.02. The lowest BCUT2D eigenvalue weighted by molar-refractivity contribution is 0.111. The van der Waals surface area contributed by atoms with Gasteiger partial charge in [0.2, 0.25) is 0 Å². The van der Waals surface area contributed by atoms with Crippen molar-refractivity contribution >= 4 is 0 Å². The maximum Gasteiger partial charge on any atom is 0.0719 e. The largest absolute Gasteiger partial charge is 0.376 e. The van der Waals surface area contributed by atoms with Gasteiger partial charge in [0.25, 0.3) is 0 Å². The molecule has 1 aromatic carbocycles. The van der Waals surface area contributed by atoms with Crippen molar-refractivity contribution in [3.05, 3.63) is 34.9 Å². The summed E-state index contributed by atoms with van der Waals surface area (Å²) in [6.07, 6.45) is 1.08. The molecule has 0 aromatic heterocycles. The number of fused-ring (bicyclic) bond motifs is 1. The van der Waals surface area contributed by atoms with Gasteiger partial charge in [-0.25, -0.2) is 0 Å². The minimum Gasteiger partial charge on any atom is -0.376 e. The van der Waals surface area contributed by atoms with E-state index in [0.717, 1.165) is 19.6 Å². The fourth-order valence-corrected chi connectivity index (χ4v) is 1.49. The summed E-state index contributed by atoms with van der Waals surface area (Å²) in [7, 11) is 0. The maximum absolute atomic E-state index is 5.34. The van der Waals surface area contributed by atoms with E-state index in [-0.39, 0.29) is 0 Å². The Kier molecular flexibility index (Phi) is 8.02. The van der Waals surface area contributed by atoms with Crippen molar-refractivity contribution < 1.29 is 4.74 Å². The van der Waals surface area contributed by atoms with Crippen molar-refractivity contribution in [3.8, 4) is 0 Å². The molecule has 0 amide bonds. The lowest BCUT2D eigenvalue weighted by Crippen LogP contribution is -2.09. The minimum absolute atomic E-state index is 0.801. The Bertz CT molecular complexity index is 266. The second kappa shape index (κ2) is 8.49. The zero-order valence-electron chi connectivity index (χ0n) is 10.8. The summed E-state index contributed by atoms with van der Waals surface area (Å²) in [5.41, 5.74) is 4.18. The number of ether oxygens (including phenoxy) is 1. The fourth-order valence-electron chi connectivity index (χ4n) is 1.49. The molecule has 0 atom stereocenters. The number of hydrogen-bond donors (Lipinski definition) is 0. The third kappa shape index (κ3) is 4.48. The van der Waals surface area contributed by atoms with E-state index in [0.29, 0.717) is 0 Å². The van der Waals surface area contributed by atoms with E-state index in [2.05, 4.69) is 25.1 Å². The van der Waals surface area contributed by atoms with Crippen molar-refractivity contribution in [2.45, 2.75) is 47.6 Å². The van der Waals surface area contributed by atoms with Crippen LogP contribution in [0.4, 0.5) is 0 Å². The number of benzene rings is 1. The molecule has 0 fully saturated rings. The van der Waals surface area contributed by atoms with E-state index >= 15 is 0 Å². The highest BCUT2D eigenvalue weighted by molar-refractivity contribution is 5.32. The first kappa shape index (κ1) is 14.2. The number of aryl methyl sites for hydroxylation is 1. The smallest absolute Gasteiger partial charge is 0.0719 e. The topological polar surface area (TPSA) is 9.23 Å². The van der Waals surface area contributed by atoms with Gasteiger partial charge in [0.05, 0.1) is 13.2 Å². The summed E-state index contributed by atoms with van der Waals surface area (Å²) in [4.78, 5) is 0. The fraction of sp³-hybridized carbons (Fsp3) is 0.571. The molecular weight excluding hydrogens is 184 g/mol. The summed E-state index contributed by atoms with van der Waals surface area (Å²) in [5.74, 6) is 0. The van der Waals surface area contributed by atoms with Crippen LogP contribution in [-0.2, 0) is 17.8 Å². The molecule has 0 aliphatic carbocycles. The van der Waals surface area contributed by atoms with E-state index < -0.39 is 0 Å². The molecule has 1 nitrogen and oxygen atoms in total. The normalized spacial score (nSPS) is 12.6. The third-order valence-corrected chi connectivity index (χ3v) is 2.14. The standard InChI is InChI=1S/C10H12O.2C2H6/c1-8-2-3-10-7-11-5-4-9(10)6-8;2*1-2/h2-3,6H,4-5,7H2,1H3;2*1-2H3. The van der Waals surface area contributed by atoms with Gasteiger partial charge in [-0.15, -0.1) is 0 Å². The van der Waals surface area contributed by atoms with Crippen molar-refractivity contribution in [2.24, 2.45) is 0 Å². The number of rotatable bonds is 0. The lowest BCUT2D eigenvalue weighted by Gasteiger charge is -2.16. The molecule has 0 radical (unpaired) electrons. The molecule has 0 saturated carbocycles. The average Bonchev–Trinajstić information content (AvgIpc) is 2.34. The van der Waals surface area contributed by atoms with Gasteiger partial charge >= 0.3 is 0 Å². The zero-order chi connectivity index (χ0) is 11.7. The summed E-state index contributed by atoms with van der Waals surface area (Å²) < 4.78 is 5.34. The Hall–Kier alpha value is -0.820. The highest BCUT2D eigenvalue weighted by Gasteiger charge is 2.07. The zero-order valence-corrected chi connectivity index (χ0v) is 10.8. The van der Waals surface area contributed by atoms with Gasteiger partial charge in [-0.05, 0) is 24.5 Å². The summed E-state index contributed by atoms with van der Waals surface area (Å²) in [6, 6.07) is 6.58. The quantitative estimate of drug-likeness (QED) is 0.623. The van der Waals surface area contributed by atoms with E-state index in [1.54, 1.807) is 0 Å². The first-order valence-corrected chi connectivity index (χ1v) is 6.02. The van der Waals surface area contributed by atoms with Crippen LogP contribution < -0.4 is 0 Å². The Morgan fingerprint density at radius 1 is 1.00 bits per heavy atom. The monoisotopic (exact) mass is 208 g/mol. The Balaban J connectivity index is 0.000000442. The molecule has 86 valence electrons. The minimum atomic E-state index is 0.801. The molecule has 1 aliphatic rings. The van der Waals surface area contributed by atoms with Gasteiger partial charge in [0.1, 0.15) is 0 Å². The summed E-state index contributed by atoms with van der Waals surface area (Å²) in [5, 5.41) is 0. The Labute approximate surface area is 94.5 Å².